The van der Waals surface area contributed by atoms with E-state index in [4.69, 9.17) is 11.6 Å². The predicted molar refractivity (Wildman–Crippen MR) is 91.9 cm³/mol. The zero-order valence-corrected chi connectivity index (χ0v) is 14.4. The van der Waals surface area contributed by atoms with Crippen molar-refractivity contribution in [3.63, 3.8) is 0 Å². The minimum absolute atomic E-state index is 0.262. The van der Waals surface area contributed by atoms with Crippen molar-refractivity contribution in [1.29, 1.82) is 0 Å². The molecule has 2 aromatic carbocycles. The third kappa shape index (κ3) is 3.18. The number of halogens is 2. The molecular formula is C16H12BrClN2S. The van der Waals surface area contributed by atoms with E-state index in [0.717, 1.165) is 25.6 Å². The first-order valence-corrected chi connectivity index (χ1v) is 8.48. The van der Waals surface area contributed by atoms with Crippen molar-refractivity contribution in [2.75, 3.05) is 0 Å². The average Bonchev–Trinajstić information content (AvgIpc) is 2.97. The van der Waals surface area contributed by atoms with Gasteiger partial charge in [-0.15, -0.1) is 21.8 Å². The van der Waals surface area contributed by atoms with Gasteiger partial charge in [-0.05, 0) is 24.1 Å². The molecule has 2 nitrogen and oxygen atoms in total. The van der Waals surface area contributed by atoms with Crippen LogP contribution in [-0.4, -0.2) is 10.2 Å². The molecule has 0 spiro atoms. The van der Waals surface area contributed by atoms with Crippen LogP contribution in [0.25, 0.3) is 10.6 Å². The average molecular weight is 380 g/mol. The first kappa shape index (κ1) is 14.7. The summed E-state index contributed by atoms with van der Waals surface area (Å²) in [6.45, 7) is 2.06. The van der Waals surface area contributed by atoms with E-state index in [0.29, 0.717) is 0 Å². The molecule has 0 radical (unpaired) electrons. The molecule has 0 aliphatic heterocycles. The number of aromatic nitrogens is 2. The van der Waals surface area contributed by atoms with Gasteiger partial charge in [0, 0.05) is 10.0 Å². The molecular weight excluding hydrogens is 368 g/mol. The van der Waals surface area contributed by atoms with Crippen LogP contribution in [0.15, 0.2) is 53.0 Å². The quantitative estimate of drug-likeness (QED) is 0.553. The summed E-state index contributed by atoms with van der Waals surface area (Å²) in [7, 11) is 0. The molecule has 3 rings (SSSR count). The summed E-state index contributed by atoms with van der Waals surface area (Å²) >= 11 is 11.6. The lowest BCUT2D eigenvalue weighted by Gasteiger charge is -2.04. The summed E-state index contributed by atoms with van der Waals surface area (Å²) in [4.78, 5) is 0. The van der Waals surface area contributed by atoms with Gasteiger partial charge in [0.2, 0.25) is 0 Å². The predicted octanol–water partition coefficient (Wildman–Crippen LogP) is 5.60. The van der Waals surface area contributed by atoms with Gasteiger partial charge in [0.1, 0.15) is 15.4 Å². The zero-order chi connectivity index (χ0) is 14.8. The van der Waals surface area contributed by atoms with Crippen LogP contribution >= 0.6 is 38.9 Å². The van der Waals surface area contributed by atoms with Crippen molar-refractivity contribution >= 4 is 38.9 Å². The summed E-state index contributed by atoms with van der Waals surface area (Å²) in [5.41, 5.74) is 3.28. The minimum atomic E-state index is -0.262. The summed E-state index contributed by atoms with van der Waals surface area (Å²) < 4.78 is 1.02. The van der Waals surface area contributed by atoms with Gasteiger partial charge >= 0.3 is 0 Å². The molecule has 0 aliphatic carbocycles. The molecule has 0 amide bonds. The van der Waals surface area contributed by atoms with Gasteiger partial charge in [-0.3, -0.25) is 0 Å². The van der Waals surface area contributed by atoms with E-state index in [9.17, 15) is 0 Å². The molecule has 0 saturated carbocycles. The number of alkyl halides is 1. The van der Waals surface area contributed by atoms with E-state index in [1.165, 1.54) is 16.9 Å². The normalized spacial score (nSPS) is 12.3. The highest BCUT2D eigenvalue weighted by Crippen LogP contribution is 2.36. The van der Waals surface area contributed by atoms with Gasteiger partial charge in [0.05, 0.1) is 0 Å². The summed E-state index contributed by atoms with van der Waals surface area (Å²) in [5, 5.41) is 9.95. The third-order valence-corrected chi connectivity index (χ3v) is 5.37. The Hall–Kier alpha value is -1.23. The van der Waals surface area contributed by atoms with Crippen molar-refractivity contribution in [3.05, 3.63) is 69.1 Å². The Morgan fingerprint density at radius 3 is 2.57 bits per heavy atom. The van der Waals surface area contributed by atoms with Gasteiger partial charge in [-0.1, -0.05) is 69.7 Å². The van der Waals surface area contributed by atoms with Crippen LogP contribution in [0, 0.1) is 6.92 Å². The lowest BCUT2D eigenvalue weighted by atomic mass is 10.1. The van der Waals surface area contributed by atoms with E-state index in [1.807, 2.05) is 30.3 Å². The molecule has 0 saturated heterocycles. The second-order valence-electron chi connectivity index (χ2n) is 4.70. The highest BCUT2D eigenvalue weighted by molar-refractivity contribution is 9.10. The summed E-state index contributed by atoms with van der Waals surface area (Å²) in [5.74, 6) is 0. The van der Waals surface area contributed by atoms with Gasteiger partial charge in [-0.2, -0.15) is 0 Å². The van der Waals surface area contributed by atoms with E-state index in [1.54, 1.807) is 0 Å². The second kappa shape index (κ2) is 6.26. The zero-order valence-electron chi connectivity index (χ0n) is 11.3. The molecule has 1 aromatic heterocycles. The van der Waals surface area contributed by atoms with E-state index in [-0.39, 0.29) is 5.38 Å². The molecule has 106 valence electrons. The number of rotatable bonds is 3. The Balaban J connectivity index is 1.93. The smallest absolute Gasteiger partial charge is 0.141 e. The largest absolute Gasteiger partial charge is 0.148 e. The van der Waals surface area contributed by atoms with Crippen LogP contribution in [0.5, 0.6) is 0 Å². The van der Waals surface area contributed by atoms with Gasteiger partial charge in [0.15, 0.2) is 0 Å². The van der Waals surface area contributed by atoms with Crippen LogP contribution < -0.4 is 0 Å². The lowest BCUT2D eigenvalue weighted by Crippen LogP contribution is -1.91. The molecule has 5 heteroatoms. The van der Waals surface area contributed by atoms with Crippen molar-refractivity contribution in [1.82, 2.24) is 10.2 Å². The Morgan fingerprint density at radius 1 is 1.10 bits per heavy atom. The van der Waals surface area contributed by atoms with Crippen LogP contribution in [0.3, 0.4) is 0 Å². The number of nitrogens with zero attached hydrogens (tertiary/aromatic N) is 2. The Bertz CT molecular complexity index is 758. The molecule has 3 aromatic rings. The highest BCUT2D eigenvalue weighted by atomic mass is 79.9. The number of hydrogen-bond acceptors (Lipinski definition) is 3. The maximum absolute atomic E-state index is 6.49. The van der Waals surface area contributed by atoms with Crippen molar-refractivity contribution in [2.45, 2.75) is 12.3 Å². The lowest BCUT2D eigenvalue weighted by molar-refractivity contribution is 0.988. The van der Waals surface area contributed by atoms with Crippen LogP contribution in [0.4, 0.5) is 0 Å². The fourth-order valence-corrected chi connectivity index (χ4v) is 4.03. The van der Waals surface area contributed by atoms with E-state index in [2.05, 4.69) is 51.3 Å². The monoisotopic (exact) mass is 378 g/mol. The minimum Gasteiger partial charge on any atom is -0.141 e. The molecule has 0 fully saturated rings. The molecule has 1 unspecified atom stereocenters. The molecule has 0 bridgehead atoms. The fraction of sp³-hybridized carbons (Fsp3) is 0.125. The first-order valence-electron chi connectivity index (χ1n) is 6.44. The molecule has 0 N–H and O–H groups in total. The van der Waals surface area contributed by atoms with Crippen LogP contribution in [0.2, 0.25) is 0 Å². The van der Waals surface area contributed by atoms with E-state index < -0.39 is 0 Å². The van der Waals surface area contributed by atoms with Gasteiger partial charge in [-0.25, -0.2) is 0 Å². The molecule has 0 aliphatic rings. The Kier molecular flexibility index (Phi) is 4.38. The fourth-order valence-electron chi connectivity index (χ4n) is 2.00. The second-order valence-corrected chi connectivity index (χ2v) is 7.00. The number of benzene rings is 2. The van der Waals surface area contributed by atoms with Crippen LogP contribution in [-0.2, 0) is 0 Å². The first-order chi connectivity index (χ1) is 10.1. The Morgan fingerprint density at radius 2 is 1.86 bits per heavy atom. The van der Waals surface area contributed by atoms with E-state index >= 15 is 0 Å². The molecule has 21 heavy (non-hydrogen) atoms. The maximum Gasteiger partial charge on any atom is 0.148 e. The topological polar surface area (TPSA) is 25.8 Å². The van der Waals surface area contributed by atoms with Gasteiger partial charge in [0.25, 0.3) is 0 Å². The van der Waals surface area contributed by atoms with Crippen molar-refractivity contribution in [2.24, 2.45) is 0 Å². The number of aryl methyl sites for hydroxylation is 1. The summed E-state index contributed by atoms with van der Waals surface area (Å²) in [6, 6.07) is 16.1. The SMILES string of the molecule is Cc1ccc(-c2nnc(C(Cl)c3ccccc3)s2)c(Br)c1. The van der Waals surface area contributed by atoms with Crippen molar-refractivity contribution in [3.8, 4) is 10.6 Å². The highest BCUT2D eigenvalue weighted by Gasteiger charge is 2.17. The molecule has 1 heterocycles. The summed E-state index contributed by atoms with van der Waals surface area (Å²) in [6.07, 6.45) is 0. The van der Waals surface area contributed by atoms with Crippen molar-refractivity contribution < 1.29 is 0 Å². The van der Waals surface area contributed by atoms with Crippen LogP contribution in [0.1, 0.15) is 21.5 Å². The number of hydrogen-bond donors (Lipinski definition) is 0. The standard InChI is InChI=1S/C16H12BrClN2S/c1-10-7-8-12(13(17)9-10)15-19-20-16(21-15)14(18)11-5-3-2-4-6-11/h2-9,14H,1H3. The Labute approximate surface area is 140 Å². The molecule has 1 atom stereocenters. The van der Waals surface area contributed by atoms with Gasteiger partial charge < -0.3 is 0 Å². The maximum atomic E-state index is 6.49. The third-order valence-electron chi connectivity index (χ3n) is 3.10.